The molecule has 6 N–H and O–H groups in total. The number of halogens is 2. The zero-order valence-electron chi connectivity index (χ0n) is 77.5. The normalized spacial score (nSPS) is 14.4. The highest BCUT2D eigenvalue weighted by Gasteiger charge is 2.30. The van der Waals surface area contributed by atoms with Gasteiger partial charge in [-0.2, -0.15) is 0 Å². The monoisotopic (exact) mass is 1790 g/mol. The highest BCUT2D eigenvalue weighted by Crippen LogP contribution is 2.33. The van der Waals surface area contributed by atoms with Crippen molar-refractivity contribution in [3.05, 3.63) is 170 Å². The summed E-state index contributed by atoms with van der Waals surface area (Å²) in [4.78, 5) is 118. The van der Waals surface area contributed by atoms with Crippen LogP contribution >= 0.6 is 11.6 Å². The third-order valence-corrected chi connectivity index (χ3v) is 22.5. The van der Waals surface area contributed by atoms with E-state index < -0.39 is 76.4 Å². The van der Waals surface area contributed by atoms with Crippen molar-refractivity contribution in [2.45, 2.75) is 219 Å². The molecule has 34 heteroatoms. The SMILES string of the molecule is C#C[C@@H](C)C(C)C.CC(C(=O)Nc1ccc(CO)cc1)c1cc([C@@H](C)C(C)C)on1.CC(C(=O)O)c1cc([C@@H](C)C(C)C)on1.CCn1cc(C(=O)O)c(=O)c2cc(F)c(N3CCN(C(=O)OCc4ccc(NC(=O)C(C)c5cc([C@@H](C)C(C)C)on5)cc4)CC3)cc21.COC(=O)C(C)/C(Cl)=N/O.COC(=O)C(C)C=O.COC(=O)C(C)c1cc([C@@H](C)C(C)C)on1. The Morgan fingerprint density at radius 2 is 0.961 bits per heavy atom. The van der Waals surface area contributed by atoms with Gasteiger partial charge in [0.05, 0.1) is 85.6 Å². The number of ether oxygens (including phenoxy) is 4. The molecule has 11 atom stereocenters. The quantitative estimate of drug-likeness (QED) is 0.00370. The van der Waals surface area contributed by atoms with Gasteiger partial charge in [0, 0.05) is 110 Å². The number of oxime groups is 1. The van der Waals surface area contributed by atoms with Crippen LogP contribution in [0.2, 0.25) is 0 Å². The highest BCUT2D eigenvalue weighted by molar-refractivity contribution is 6.67. The number of hydrogen-bond donors (Lipinski definition) is 6. The molecule has 9 rings (SSSR count). The maximum atomic E-state index is 15.2. The number of anilines is 3. The van der Waals surface area contributed by atoms with Crippen LogP contribution in [0.5, 0.6) is 0 Å². The van der Waals surface area contributed by atoms with Crippen LogP contribution in [0.1, 0.15) is 267 Å². The average molecular weight is 1790 g/mol. The summed E-state index contributed by atoms with van der Waals surface area (Å²) < 4.78 is 56.8. The number of aldehydes is 1. The van der Waals surface area contributed by atoms with Gasteiger partial charge in [-0.05, 0) is 126 Å². The number of nitrogens with zero attached hydrogens (tertiary/aromatic N) is 8. The summed E-state index contributed by atoms with van der Waals surface area (Å²) in [6.45, 7) is 44.8. The number of amides is 3. The van der Waals surface area contributed by atoms with Crippen molar-refractivity contribution in [2.24, 2.45) is 52.5 Å². The lowest BCUT2D eigenvalue weighted by molar-refractivity contribution is -0.146. The number of esters is 3. The molecule has 0 bridgehead atoms. The predicted molar refractivity (Wildman–Crippen MR) is 480 cm³/mol. The fourth-order valence-corrected chi connectivity index (χ4v) is 11.1. The van der Waals surface area contributed by atoms with Crippen LogP contribution in [0.15, 0.2) is 119 Å². The van der Waals surface area contributed by atoms with Crippen molar-refractivity contribution in [2.75, 3.05) is 63.0 Å². The first-order valence-corrected chi connectivity index (χ1v) is 42.4. The van der Waals surface area contributed by atoms with E-state index in [-0.39, 0.29) is 70.9 Å². The number of aliphatic hydroxyl groups is 1. The average Bonchev–Trinajstić information content (AvgIpc) is 1.48. The van der Waals surface area contributed by atoms with Gasteiger partial charge in [-0.25, -0.2) is 14.0 Å². The Kier molecular flexibility index (Phi) is 45.9. The Morgan fingerprint density at radius 1 is 0.567 bits per heavy atom. The Labute approximate surface area is 747 Å². The van der Waals surface area contributed by atoms with Crippen molar-refractivity contribution >= 4 is 98.8 Å². The van der Waals surface area contributed by atoms with Gasteiger partial charge < -0.3 is 87.4 Å². The number of methoxy groups -OCH3 is 3. The minimum Gasteiger partial charge on any atom is -0.481 e. The molecule has 1 fully saturated rings. The number of hydrogen-bond acceptors (Lipinski definition) is 26. The molecule has 5 aromatic heterocycles. The summed E-state index contributed by atoms with van der Waals surface area (Å²) in [6, 6.07) is 24.0. The molecule has 0 spiro atoms. The fraction of sp³-hybridized carbons (Fsp3) is 0.516. The second kappa shape index (κ2) is 53.4. The number of aryl methyl sites for hydroxylation is 1. The summed E-state index contributed by atoms with van der Waals surface area (Å²) in [5, 5.41) is 59.3. The molecule has 0 aliphatic carbocycles. The maximum Gasteiger partial charge on any atom is 0.410 e. The maximum absolute atomic E-state index is 15.2. The summed E-state index contributed by atoms with van der Waals surface area (Å²) in [7, 11) is 3.86. The molecule has 696 valence electrons. The molecule has 8 aromatic rings. The van der Waals surface area contributed by atoms with Crippen molar-refractivity contribution in [1.29, 1.82) is 0 Å². The van der Waals surface area contributed by atoms with Crippen LogP contribution in [0, 0.1) is 65.5 Å². The molecule has 1 aliphatic heterocycles. The number of fused-ring (bicyclic) bond motifs is 1. The number of aliphatic hydroxyl groups excluding tert-OH is 1. The van der Waals surface area contributed by atoms with E-state index in [1.54, 1.807) is 110 Å². The van der Waals surface area contributed by atoms with E-state index in [4.69, 9.17) is 56.3 Å². The number of carboxylic acid groups (broad SMARTS) is 2. The summed E-state index contributed by atoms with van der Waals surface area (Å²) in [5.74, 6) is 1.86. The van der Waals surface area contributed by atoms with Crippen LogP contribution < -0.4 is 21.0 Å². The van der Waals surface area contributed by atoms with Crippen molar-refractivity contribution < 1.29 is 105 Å². The Bertz CT molecular complexity index is 4980. The predicted octanol–water partition coefficient (Wildman–Crippen LogP) is 17.5. The van der Waals surface area contributed by atoms with E-state index in [0.29, 0.717) is 120 Å². The van der Waals surface area contributed by atoms with Crippen LogP contribution in [0.4, 0.5) is 26.2 Å². The van der Waals surface area contributed by atoms with Crippen LogP contribution in [-0.2, 0) is 72.3 Å². The number of carbonyl (C=O) groups excluding carboxylic acids is 7. The van der Waals surface area contributed by atoms with Gasteiger partial charge in [0.1, 0.15) is 59.2 Å². The molecule has 3 aromatic carbocycles. The number of piperazine rings is 1. The first-order valence-electron chi connectivity index (χ1n) is 42.0. The lowest BCUT2D eigenvalue weighted by Gasteiger charge is -2.35. The first-order chi connectivity index (χ1) is 59.7. The number of terminal acetylenes is 1. The van der Waals surface area contributed by atoms with E-state index >= 15 is 4.39 Å². The number of aliphatic carboxylic acids is 1. The van der Waals surface area contributed by atoms with Crippen LogP contribution in [0.25, 0.3) is 10.9 Å². The summed E-state index contributed by atoms with van der Waals surface area (Å²) in [5.41, 5.74) is 4.72. The smallest absolute Gasteiger partial charge is 0.410 e. The third kappa shape index (κ3) is 33.3. The third-order valence-electron chi connectivity index (χ3n) is 22.1. The van der Waals surface area contributed by atoms with Crippen molar-refractivity contribution in [3.8, 4) is 12.3 Å². The largest absolute Gasteiger partial charge is 0.481 e. The van der Waals surface area contributed by atoms with Gasteiger partial charge in [-0.15, -0.1) is 12.3 Å². The molecule has 1 aliphatic rings. The van der Waals surface area contributed by atoms with Gasteiger partial charge in [0.2, 0.25) is 17.2 Å². The minimum atomic E-state index is -1.36. The minimum absolute atomic E-state index is 0.00190. The summed E-state index contributed by atoms with van der Waals surface area (Å²) in [6.07, 6.45) is 6.44. The standard InChI is InChI=1S/C35H40FN5O7.C18H24N2O3.C12H19NO3.C11H17NO3.C7H12.C5H8ClNO3.C5H8O3/c1-6-39-18-26(34(44)45)32(42)25-15-27(36)30(17-29(25)39)40-11-13-41(14-12-40)35(46)47-19-23-7-9-24(10-8-23)37-33(43)22(5)28-16-31(48-38-28)21(4)20(2)3;1-11(2)12(3)17-9-16(20-23-17)13(4)18(22)19-15-7-5-14(10-21)6-8-15;1-7(2)8(3)11-6-10(13-16-11)9(4)12(14)15-5;1-6(2)7(3)10-5-9(12-15-10)8(4)11(13)14;1-5-7(4)6(2)3;1-3(4(6)7-9)5(8)10-2;1-4(3-6)5(7)8-2/h7-10,15-18,20-22H,6,11-14,19H2,1-5H3,(H,37,43)(H,44,45);5-9,11-13,21H,10H2,1-4H3,(H,19,22);6-9H,1-5H3;5-8H,1-4H3,(H,13,14);1,6-7H,2-4H3;3,9H,1-2H3;3-4H,1-2H3/b;;;;;7-4-;/t21-,22?;12-,13?;8-,9?;7-,8?;7-;;/m00001../s1. The van der Waals surface area contributed by atoms with E-state index in [9.17, 15) is 53.1 Å². The zero-order chi connectivity index (χ0) is 96.1. The molecule has 6 unspecified atom stereocenters. The number of rotatable bonds is 29. The second-order valence-electron chi connectivity index (χ2n) is 32.7. The first kappa shape index (κ1) is 109. The van der Waals surface area contributed by atoms with Gasteiger partial charge in [-0.3, -0.25) is 33.6 Å². The number of aromatic nitrogens is 5. The number of aromatic carboxylic acids is 1. The Hall–Kier alpha value is -12.1. The molecule has 3 amide bonds. The number of carbonyl (C=O) groups is 9. The molecule has 6 heterocycles. The Morgan fingerprint density at radius 3 is 1.28 bits per heavy atom. The lowest BCUT2D eigenvalue weighted by Crippen LogP contribution is -2.49. The Balaban J connectivity index is 0.000000436. The van der Waals surface area contributed by atoms with Gasteiger partial charge in [0.15, 0.2) is 5.17 Å². The number of benzene rings is 3. The van der Waals surface area contributed by atoms with Crippen LogP contribution in [-0.4, -0.2) is 157 Å². The number of pyridine rings is 1. The fourth-order valence-electron chi connectivity index (χ4n) is 11.0. The lowest BCUT2D eigenvalue weighted by atomic mass is 9.94. The molecule has 32 nitrogen and oxygen atoms in total. The zero-order valence-corrected chi connectivity index (χ0v) is 78.2. The molecule has 127 heavy (non-hydrogen) atoms. The molecule has 0 saturated carbocycles. The summed E-state index contributed by atoms with van der Waals surface area (Å²) >= 11 is 5.29. The van der Waals surface area contributed by atoms with E-state index in [1.165, 1.54) is 41.4 Å². The van der Waals surface area contributed by atoms with E-state index in [1.807, 2.05) is 25.1 Å². The van der Waals surface area contributed by atoms with E-state index in [0.717, 1.165) is 40.2 Å². The van der Waals surface area contributed by atoms with Crippen LogP contribution in [0.3, 0.4) is 0 Å². The molecular weight excluding hydrogens is 1660 g/mol. The van der Waals surface area contributed by atoms with Crippen molar-refractivity contribution in [1.82, 2.24) is 30.1 Å². The van der Waals surface area contributed by atoms with E-state index in [2.05, 4.69) is 153 Å². The second-order valence-corrected chi connectivity index (χ2v) is 33.0. The number of carboxylic acids is 2. The van der Waals surface area contributed by atoms with Gasteiger partial charge in [-0.1, -0.05) is 166 Å². The topological polar surface area (TPSA) is 440 Å². The molecular formula is C93H128ClFN10O22. The van der Waals surface area contributed by atoms with Gasteiger partial charge >= 0.3 is 35.9 Å². The molecule has 0 radical (unpaired) electrons. The molecule has 1 saturated heterocycles. The van der Waals surface area contributed by atoms with Crippen molar-refractivity contribution in [3.63, 3.8) is 0 Å². The highest BCUT2D eigenvalue weighted by atomic mass is 35.5. The number of nitrogens with one attached hydrogen (secondary N) is 2. The van der Waals surface area contributed by atoms with Gasteiger partial charge in [0.25, 0.3) is 0 Å².